The molecular weight excluding hydrogens is 268 g/mol. The fourth-order valence-electron chi connectivity index (χ4n) is 1.20. The van der Waals surface area contributed by atoms with E-state index in [1.54, 1.807) is 0 Å². The quantitative estimate of drug-likeness (QED) is 0.905. The Morgan fingerprint density at radius 1 is 1.79 bits per heavy atom. The molecular formula is C8H11BrN2O2S. The molecule has 78 valence electrons. The first-order chi connectivity index (χ1) is 6.84. The van der Waals surface area contributed by atoms with Gasteiger partial charge in [0.15, 0.2) is 0 Å². The van der Waals surface area contributed by atoms with Crippen LogP contribution in [0, 0.1) is 0 Å². The van der Waals surface area contributed by atoms with Gasteiger partial charge in [0.1, 0.15) is 17.3 Å². The van der Waals surface area contributed by atoms with Gasteiger partial charge in [-0.25, -0.2) is 0 Å². The molecule has 1 atom stereocenters. The molecule has 6 heteroatoms. The van der Waals surface area contributed by atoms with Gasteiger partial charge in [0.25, 0.3) is 5.19 Å². The summed E-state index contributed by atoms with van der Waals surface area (Å²) in [5, 5.41) is 5.83. The fourth-order valence-corrected chi connectivity index (χ4v) is 2.29. The van der Waals surface area contributed by atoms with E-state index >= 15 is 0 Å². The summed E-state index contributed by atoms with van der Waals surface area (Å²) in [7, 11) is 0. The second kappa shape index (κ2) is 5.06. The minimum Gasteiger partial charge on any atom is -0.467 e. The minimum atomic E-state index is 0.145. The first kappa shape index (κ1) is 10.4. The van der Waals surface area contributed by atoms with Crippen LogP contribution in [0.3, 0.4) is 0 Å². The second-order valence-electron chi connectivity index (χ2n) is 2.94. The largest absolute Gasteiger partial charge is 0.467 e. The van der Waals surface area contributed by atoms with E-state index in [0.29, 0.717) is 11.8 Å². The Hall–Kier alpha value is -0.170. The summed E-state index contributed by atoms with van der Waals surface area (Å²) in [5.74, 6) is 0. The molecule has 2 rings (SSSR count). The summed E-state index contributed by atoms with van der Waals surface area (Å²) >= 11 is 4.76. The van der Waals surface area contributed by atoms with Crippen molar-refractivity contribution in [3.63, 3.8) is 0 Å². The summed E-state index contributed by atoms with van der Waals surface area (Å²) in [6.07, 6.45) is 0.145. The number of hydrogen-bond acceptors (Lipinski definition) is 5. The lowest BCUT2D eigenvalue weighted by atomic mass is 10.3. The molecule has 1 unspecified atom stereocenters. The van der Waals surface area contributed by atoms with Crippen molar-refractivity contribution in [1.29, 1.82) is 0 Å². The van der Waals surface area contributed by atoms with Crippen molar-refractivity contribution in [3.8, 4) is 5.19 Å². The molecule has 1 fully saturated rings. The zero-order valence-corrected chi connectivity index (χ0v) is 9.94. The van der Waals surface area contributed by atoms with Crippen LogP contribution >= 0.6 is 27.3 Å². The molecule has 2 heterocycles. The second-order valence-corrected chi connectivity index (χ2v) is 4.58. The molecule has 1 saturated heterocycles. The molecule has 0 amide bonds. The topological polar surface area (TPSA) is 43.4 Å². The maximum Gasteiger partial charge on any atom is 0.274 e. The number of ether oxygens (including phenoxy) is 2. The molecule has 0 radical (unpaired) electrons. The Morgan fingerprint density at radius 3 is 3.36 bits per heavy atom. The maximum absolute atomic E-state index is 5.48. The number of morpholine rings is 1. The molecule has 1 aromatic heterocycles. The van der Waals surface area contributed by atoms with Crippen LogP contribution in [0.2, 0.25) is 0 Å². The van der Waals surface area contributed by atoms with E-state index in [0.717, 1.165) is 24.3 Å². The fraction of sp³-hybridized carbons (Fsp3) is 0.625. The zero-order chi connectivity index (χ0) is 9.80. The summed E-state index contributed by atoms with van der Waals surface area (Å²) < 4.78 is 11.8. The van der Waals surface area contributed by atoms with Gasteiger partial charge in [-0.3, -0.25) is 0 Å². The monoisotopic (exact) mass is 278 g/mol. The summed E-state index contributed by atoms with van der Waals surface area (Å²) in [4.78, 5) is 4.13. The van der Waals surface area contributed by atoms with Crippen LogP contribution in [0.1, 0.15) is 0 Å². The summed E-state index contributed by atoms with van der Waals surface area (Å²) in [6, 6.07) is 0. The van der Waals surface area contributed by atoms with Gasteiger partial charge in [-0.1, -0.05) is 11.3 Å². The third-order valence-electron chi connectivity index (χ3n) is 1.85. The normalized spacial score (nSPS) is 22.2. The van der Waals surface area contributed by atoms with Crippen molar-refractivity contribution >= 4 is 27.3 Å². The number of nitrogens with one attached hydrogen (secondary N) is 1. The molecule has 1 N–H and O–H groups in total. The Balaban J connectivity index is 1.76. The van der Waals surface area contributed by atoms with E-state index in [9.17, 15) is 0 Å². The highest BCUT2D eigenvalue weighted by molar-refractivity contribution is 9.10. The lowest BCUT2D eigenvalue weighted by Crippen LogP contribution is -2.41. The van der Waals surface area contributed by atoms with Gasteiger partial charge in [0, 0.05) is 18.5 Å². The molecule has 0 spiro atoms. The summed E-state index contributed by atoms with van der Waals surface area (Å²) in [5.41, 5.74) is 0. The predicted octanol–water partition coefficient (Wildman–Crippen LogP) is 1.27. The Morgan fingerprint density at radius 2 is 2.71 bits per heavy atom. The van der Waals surface area contributed by atoms with Crippen molar-refractivity contribution in [2.45, 2.75) is 6.10 Å². The van der Waals surface area contributed by atoms with Crippen LogP contribution in [-0.4, -0.2) is 37.4 Å². The minimum absolute atomic E-state index is 0.145. The molecule has 0 aliphatic carbocycles. The van der Waals surface area contributed by atoms with E-state index in [4.69, 9.17) is 9.47 Å². The third-order valence-corrected chi connectivity index (χ3v) is 3.31. The molecule has 1 aliphatic rings. The Bertz CT molecular complexity index is 289. The van der Waals surface area contributed by atoms with E-state index in [-0.39, 0.29) is 6.10 Å². The molecule has 4 nitrogen and oxygen atoms in total. The van der Waals surface area contributed by atoms with Gasteiger partial charge in [-0.15, -0.1) is 0 Å². The highest BCUT2D eigenvalue weighted by atomic mass is 79.9. The Labute approximate surface area is 94.8 Å². The van der Waals surface area contributed by atoms with Crippen molar-refractivity contribution < 1.29 is 9.47 Å². The average molecular weight is 279 g/mol. The molecule has 0 saturated carbocycles. The van der Waals surface area contributed by atoms with E-state index in [1.165, 1.54) is 11.3 Å². The number of rotatable bonds is 3. The van der Waals surface area contributed by atoms with Crippen molar-refractivity contribution in [2.24, 2.45) is 0 Å². The van der Waals surface area contributed by atoms with Crippen molar-refractivity contribution in [1.82, 2.24) is 10.3 Å². The highest BCUT2D eigenvalue weighted by Crippen LogP contribution is 2.21. The standard InChI is InChI=1S/C8H11BrN2O2S/c9-7-5-14-8(11-7)13-4-6-3-10-1-2-12-6/h5-6,10H,1-4H2. The lowest BCUT2D eigenvalue weighted by molar-refractivity contribution is 0.000132. The van der Waals surface area contributed by atoms with Crippen LogP contribution in [0.5, 0.6) is 5.19 Å². The first-order valence-corrected chi connectivity index (χ1v) is 6.08. The number of hydrogen-bond donors (Lipinski definition) is 1. The summed E-state index contributed by atoms with van der Waals surface area (Å²) in [6.45, 7) is 3.11. The number of halogens is 1. The Kier molecular flexibility index (Phi) is 3.74. The van der Waals surface area contributed by atoms with Crippen LogP contribution in [0.25, 0.3) is 0 Å². The van der Waals surface area contributed by atoms with Crippen molar-refractivity contribution in [3.05, 3.63) is 9.98 Å². The lowest BCUT2D eigenvalue weighted by Gasteiger charge is -2.22. The molecule has 14 heavy (non-hydrogen) atoms. The first-order valence-electron chi connectivity index (χ1n) is 4.41. The molecule has 1 aliphatic heterocycles. The van der Waals surface area contributed by atoms with Crippen LogP contribution in [0.15, 0.2) is 9.98 Å². The van der Waals surface area contributed by atoms with Gasteiger partial charge in [0.2, 0.25) is 0 Å². The smallest absolute Gasteiger partial charge is 0.274 e. The van der Waals surface area contributed by atoms with Crippen molar-refractivity contribution in [2.75, 3.05) is 26.3 Å². The van der Waals surface area contributed by atoms with Crippen LogP contribution in [0.4, 0.5) is 0 Å². The molecule has 1 aromatic rings. The average Bonchev–Trinajstić information content (AvgIpc) is 2.63. The van der Waals surface area contributed by atoms with Gasteiger partial charge < -0.3 is 14.8 Å². The van der Waals surface area contributed by atoms with E-state index in [1.807, 2.05) is 5.38 Å². The third kappa shape index (κ3) is 2.91. The van der Waals surface area contributed by atoms with E-state index < -0.39 is 0 Å². The van der Waals surface area contributed by atoms with Gasteiger partial charge in [-0.05, 0) is 15.9 Å². The predicted molar refractivity (Wildman–Crippen MR) is 57.9 cm³/mol. The van der Waals surface area contributed by atoms with Gasteiger partial charge in [-0.2, -0.15) is 4.98 Å². The van der Waals surface area contributed by atoms with Crippen LogP contribution in [-0.2, 0) is 4.74 Å². The van der Waals surface area contributed by atoms with E-state index in [2.05, 4.69) is 26.2 Å². The zero-order valence-electron chi connectivity index (χ0n) is 7.53. The number of nitrogens with zero attached hydrogens (tertiary/aromatic N) is 1. The van der Waals surface area contributed by atoms with Gasteiger partial charge in [0.05, 0.1) is 6.61 Å². The number of thiazole rings is 1. The highest BCUT2D eigenvalue weighted by Gasteiger charge is 2.14. The number of aromatic nitrogens is 1. The van der Waals surface area contributed by atoms with Gasteiger partial charge >= 0.3 is 0 Å². The molecule has 0 bridgehead atoms. The SMILES string of the molecule is Brc1csc(OCC2CNCCO2)n1. The van der Waals surface area contributed by atoms with Crippen LogP contribution < -0.4 is 10.1 Å². The maximum atomic E-state index is 5.48. The molecule has 0 aromatic carbocycles.